The van der Waals surface area contributed by atoms with E-state index in [0.29, 0.717) is 11.2 Å². The number of fused-ring (bicyclic) bond motifs is 3. The topological polar surface area (TPSA) is 81.3 Å². The molecule has 0 fully saturated rings. The van der Waals surface area contributed by atoms with Crippen molar-refractivity contribution in [1.29, 1.82) is 0 Å². The minimum absolute atomic E-state index is 0.100. The van der Waals surface area contributed by atoms with Crippen LogP contribution in [0.2, 0.25) is 0 Å². The Bertz CT molecular complexity index is 1160. The minimum Gasteiger partial charge on any atom is -0.323 e. The Morgan fingerprint density at radius 3 is 2.92 bits per heavy atom. The molecule has 0 aliphatic carbocycles. The van der Waals surface area contributed by atoms with Gasteiger partial charge in [-0.25, -0.2) is 4.68 Å². The van der Waals surface area contributed by atoms with Crippen LogP contribution in [0, 0.1) is 0 Å². The molecule has 0 bridgehead atoms. The zero-order valence-electron chi connectivity index (χ0n) is 14.3. The monoisotopic (exact) mass is 367 g/mol. The largest absolute Gasteiger partial charge is 0.323 e. The van der Waals surface area contributed by atoms with Crippen LogP contribution in [0.3, 0.4) is 0 Å². The number of carbonyl (C=O) groups is 1. The van der Waals surface area contributed by atoms with Crippen LogP contribution in [0.4, 0.5) is 5.69 Å². The van der Waals surface area contributed by atoms with Gasteiger partial charge in [0.05, 0.1) is 11.9 Å². The fraction of sp³-hybridized carbons (Fsp3) is 0.222. The summed E-state index contributed by atoms with van der Waals surface area (Å²) in [5.41, 5.74) is 0.845. The summed E-state index contributed by atoms with van der Waals surface area (Å²) in [6.45, 7) is 3.89. The third-order valence-corrected chi connectivity index (χ3v) is 4.99. The average molecular weight is 367 g/mol. The van der Waals surface area contributed by atoms with Gasteiger partial charge in [0, 0.05) is 17.5 Å². The summed E-state index contributed by atoms with van der Waals surface area (Å²) < 4.78 is 3.14. The molecular weight excluding hydrogens is 350 g/mol. The van der Waals surface area contributed by atoms with Crippen molar-refractivity contribution in [1.82, 2.24) is 19.2 Å². The highest BCUT2D eigenvalue weighted by Crippen LogP contribution is 2.26. The first kappa shape index (κ1) is 16.5. The standard InChI is InChI=1S/C18H17N5O2S/c1-11(2)16-21-22(10-15(24)20-13-4-3-6-19-9-13)17(25)14-8-12-5-7-26-18(12)23(14)16/h3-9,11H,10H2,1-2H3,(H,20,24). The lowest BCUT2D eigenvalue weighted by atomic mass is 10.2. The van der Waals surface area contributed by atoms with E-state index in [1.807, 2.05) is 35.8 Å². The highest BCUT2D eigenvalue weighted by Gasteiger charge is 2.18. The summed E-state index contributed by atoms with van der Waals surface area (Å²) in [5.74, 6) is 0.537. The zero-order chi connectivity index (χ0) is 18.3. The number of nitrogens with one attached hydrogen (secondary N) is 1. The van der Waals surface area contributed by atoms with Gasteiger partial charge in [-0.3, -0.25) is 19.0 Å². The number of amides is 1. The van der Waals surface area contributed by atoms with E-state index in [4.69, 9.17) is 0 Å². The predicted molar refractivity (Wildman–Crippen MR) is 102 cm³/mol. The van der Waals surface area contributed by atoms with Gasteiger partial charge in [-0.1, -0.05) is 13.8 Å². The fourth-order valence-electron chi connectivity index (χ4n) is 2.91. The van der Waals surface area contributed by atoms with Crippen molar-refractivity contribution in [3.8, 4) is 0 Å². The van der Waals surface area contributed by atoms with E-state index in [-0.39, 0.29) is 23.9 Å². The molecule has 0 saturated heterocycles. The van der Waals surface area contributed by atoms with Crippen LogP contribution >= 0.6 is 11.3 Å². The second-order valence-electron chi connectivity index (χ2n) is 6.31. The van der Waals surface area contributed by atoms with Crippen molar-refractivity contribution < 1.29 is 4.79 Å². The number of thiophene rings is 1. The van der Waals surface area contributed by atoms with Crippen molar-refractivity contribution >= 4 is 38.7 Å². The molecule has 0 saturated carbocycles. The summed E-state index contributed by atoms with van der Waals surface area (Å²) >= 11 is 1.57. The molecule has 0 radical (unpaired) electrons. The summed E-state index contributed by atoms with van der Waals surface area (Å²) in [4.78, 5) is 30.1. The third-order valence-electron chi connectivity index (χ3n) is 4.07. The number of anilines is 1. The first-order valence-electron chi connectivity index (χ1n) is 8.24. The van der Waals surface area contributed by atoms with Crippen LogP contribution in [-0.4, -0.2) is 25.1 Å². The molecule has 4 rings (SSSR count). The average Bonchev–Trinajstić information content (AvgIpc) is 3.19. The third kappa shape index (κ3) is 2.78. The molecule has 4 heterocycles. The summed E-state index contributed by atoms with van der Waals surface area (Å²) in [6.07, 6.45) is 3.18. The molecule has 7 nitrogen and oxygen atoms in total. The second-order valence-corrected chi connectivity index (χ2v) is 7.21. The Labute approximate surface area is 152 Å². The molecule has 26 heavy (non-hydrogen) atoms. The van der Waals surface area contributed by atoms with Gasteiger partial charge in [-0.15, -0.1) is 11.3 Å². The van der Waals surface area contributed by atoms with E-state index in [1.165, 1.54) is 4.68 Å². The maximum Gasteiger partial charge on any atom is 0.291 e. The van der Waals surface area contributed by atoms with E-state index in [0.717, 1.165) is 16.0 Å². The molecule has 0 spiro atoms. The van der Waals surface area contributed by atoms with Gasteiger partial charge < -0.3 is 5.32 Å². The molecule has 4 aromatic rings. The molecule has 8 heteroatoms. The van der Waals surface area contributed by atoms with Crippen molar-refractivity contribution in [2.75, 3.05) is 5.32 Å². The van der Waals surface area contributed by atoms with Crippen molar-refractivity contribution in [3.05, 3.63) is 58.2 Å². The highest BCUT2D eigenvalue weighted by atomic mass is 32.1. The molecular formula is C18H17N5O2S. The first-order valence-corrected chi connectivity index (χ1v) is 9.12. The number of pyridine rings is 1. The Balaban J connectivity index is 1.76. The molecule has 132 valence electrons. The number of hydrogen-bond acceptors (Lipinski definition) is 5. The highest BCUT2D eigenvalue weighted by molar-refractivity contribution is 7.16. The fourth-order valence-corrected chi connectivity index (χ4v) is 3.81. The Kier molecular flexibility index (Phi) is 4.04. The van der Waals surface area contributed by atoms with E-state index < -0.39 is 0 Å². The molecule has 0 aliphatic rings. The molecule has 1 N–H and O–H groups in total. The maximum atomic E-state index is 12.9. The number of aromatic nitrogens is 4. The number of nitrogens with zero attached hydrogens (tertiary/aromatic N) is 4. The van der Waals surface area contributed by atoms with E-state index >= 15 is 0 Å². The Morgan fingerprint density at radius 2 is 2.19 bits per heavy atom. The van der Waals surface area contributed by atoms with Crippen molar-refractivity contribution in [3.63, 3.8) is 0 Å². The molecule has 0 atom stereocenters. The van der Waals surface area contributed by atoms with Crippen molar-refractivity contribution in [2.45, 2.75) is 26.3 Å². The SMILES string of the molecule is CC(C)c1nn(CC(=O)Nc2cccnc2)c(=O)c2cc3ccsc3n12. The van der Waals surface area contributed by atoms with Gasteiger partial charge in [-0.2, -0.15) is 5.10 Å². The van der Waals surface area contributed by atoms with Crippen LogP contribution in [0.15, 0.2) is 46.8 Å². The predicted octanol–water partition coefficient (Wildman–Crippen LogP) is 2.87. The van der Waals surface area contributed by atoms with Crippen LogP contribution < -0.4 is 10.9 Å². The number of carbonyl (C=O) groups excluding carboxylic acids is 1. The number of hydrogen-bond donors (Lipinski definition) is 1. The van der Waals surface area contributed by atoms with Gasteiger partial charge in [0.1, 0.15) is 22.7 Å². The number of rotatable bonds is 4. The van der Waals surface area contributed by atoms with E-state index in [9.17, 15) is 9.59 Å². The maximum absolute atomic E-state index is 12.9. The first-order chi connectivity index (χ1) is 12.5. The van der Waals surface area contributed by atoms with Crippen LogP contribution in [0.25, 0.3) is 15.7 Å². The minimum atomic E-state index is -0.319. The van der Waals surface area contributed by atoms with E-state index in [1.54, 1.807) is 35.9 Å². The van der Waals surface area contributed by atoms with Crippen molar-refractivity contribution in [2.24, 2.45) is 0 Å². The normalized spacial score (nSPS) is 11.5. The van der Waals surface area contributed by atoms with Crippen LogP contribution in [0.1, 0.15) is 25.6 Å². The second kappa shape index (κ2) is 6.38. The summed E-state index contributed by atoms with van der Waals surface area (Å²) in [6, 6.07) is 7.31. The Morgan fingerprint density at radius 1 is 1.35 bits per heavy atom. The lowest BCUT2D eigenvalue weighted by Crippen LogP contribution is -2.32. The van der Waals surface area contributed by atoms with Gasteiger partial charge in [0.15, 0.2) is 0 Å². The van der Waals surface area contributed by atoms with Gasteiger partial charge in [-0.05, 0) is 29.6 Å². The molecule has 1 amide bonds. The quantitative estimate of drug-likeness (QED) is 0.601. The van der Waals surface area contributed by atoms with Crippen LogP contribution in [0.5, 0.6) is 0 Å². The van der Waals surface area contributed by atoms with Gasteiger partial charge in [0.25, 0.3) is 5.56 Å². The van der Waals surface area contributed by atoms with Gasteiger partial charge >= 0.3 is 0 Å². The lowest BCUT2D eigenvalue weighted by molar-refractivity contribution is -0.117. The lowest BCUT2D eigenvalue weighted by Gasteiger charge is -2.13. The van der Waals surface area contributed by atoms with Gasteiger partial charge in [0.2, 0.25) is 5.91 Å². The van der Waals surface area contributed by atoms with E-state index in [2.05, 4.69) is 15.4 Å². The molecule has 0 aliphatic heterocycles. The smallest absolute Gasteiger partial charge is 0.291 e. The van der Waals surface area contributed by atoms with Crippen LogP contribution in [-0.2, 0) is 11.3 Å². The molecule has 4 aromatic heterocycles. The summed E-state index contributed by atoms with van der Waals surface area (Å²) in [7, 11) is 0. The molecule has 0 aromatic carbocycles. The summed E-state index contributed by atoms with van der Waals surface area (Å²) in [5, 5.41) is 10.2. The zero-order valence-corrected chi connectivity index (χ0v) is 15.2. The Hall–Kier alpha value is -3.00. The molecule has 0 unspecified atom stereocenters.